The van der Waals surface area contributed by atoms with Crippen LogP contribution in [0.5, 0.6) is 0 Å². The summed E-state index contributed by atoms with van der Waals surface area (Å²) in [5, 5.41) is 0.678. The Morgan fingerprint density at radius 2 is 1.70 bits per heavy atom. The molecule has 5 atom stereocenters. The van der Waals surface area contributed by atoms with E-state index in [-0.39, 0.29) is 8.67 Å². The van der Waals surface area contributed by atoms with E-state index in [0.29, 0.717) is 11.4 Å². The first-order valence-corrected chi connectivity index (χ1v) is 9.93. The first-order chi connectivity index (χ1) is 9.66. The molecule has 3 aliphatic rings. The van der Waals surface area contributed by atoms with Gasteiger partial charge in [0.15, 0.2) is 0 Å². The van der Waals surface area contributed by atoms with Gasteiger partial charge in [-0.3, -0.25) is 0 Å². The van der Waals surface area contributed by atoms with Crippen molar-refractivity contribution in [2.24, 2.45) is 11.8 Å². The van der Waals surface area contributed by atoms with E-state index in [1.165, 1.54) is 31.2 Å². The Balaban J connectivity index is 1.46. The van der Waals surface area contributed by atoms with Gasteiger partial charge in [0, 0.05) is 5.25 Å². The van der Waals surface area contributed by atoms with E-state index < -0.39 is 0 Å². The van der Waals surface area contributed by atoms with Crippen LogP contribution in [-0.2, 0) is 4.74 Å². The number of hydrogen-bond acceptors (Lipinski definition) is 2. The Morgan fingerprint density at radius 3 is 2.45 bits per heavy atom. The molecule has 1 aromatic rings. The molecule has 1 aromatic carbocycles. The van der Waals surface area contributed by atoms with Crippen LogP contribution in [0.3, 0.4) is 0 Å². The van der Waals surface area contributed by atoms with Crippen molar-refractivity contribution in [1.29, 1.82) is 0 Å². The molecule has 0 spiro atoms. The Labute approximate surface area is 141 Å². The topological polar surface area (TPSA) is 9.23 Å². The van der Waals surface area contributed by atoms with Gasteiger partial charge in [0.25, 0.3) is 0 Å². The van der Waals surface area contributed by atoms with Crippen LogP contribution in [0.2, 0.25) is 0 Å². The van der Waals surface area contributed by atoms with Crippen LogP contribution < -0.4 is 0 Å². The van der Waals surface area contributed by atoms with Crippen LogP contribution in [0.4, 0.5) is 0 Å². The lowest BCUT2D eigenvalue weighted by Gasteiger charge is -2.19. The molecule has 1 nitrogen and oxygen atoms in total. The highest BCUT2D eigenvalue weighted by molar-refractivity contribution is 9.25. The van der Waals surface area contributed by atoms with Crippen molar-refractivity contribution in [3.05, 3.63) is 35.9 Å². The number of hydrogen-bond donors (Lipinski definition) is 0. The van der Waals surface area contributed by atoms with Gasteiger partial charge in [-0.15, -0.1) is 11.8 Å². The maximum absolute atomic E-state index is 6.35. The second kappa shape index (κ2) is 5.29. The fraction of sp³-hybridized carbons (Fsp3) is 0.625. The van der Waals surface area contributed by atoms with Crippen LogP contribution in [0.1, 0.15) is 36.7 Å². The van der Waals surface area contributed by atoms with Gasteiger partial charge in [-0.1, -0.05) is 62.2 Å². The van der Waals surface area contributed by atoms with Crippen LogP contribution in [0.25, 0.3) is 0 Å². The Hall–Kier alpha value is 0.490. The maximum Gasteiger partial charge on any atom is 0.129 e. The van der Waals surface area contributed by atoms with E-state index in [0.717, 1.165) is 11.8 Å². The smallest absolute Gasteiger partial charge is 0.129 e. The van der Waals surface area contributed by atoms with Gasteiger partial charge in [0.05, 0.1) is 9.34 Å². The molecule has 3 unspecified atom stereocenters. The van der Waals surface area contributed by atoms with E-state index in [2.05, 4.69) is 62.2 Å². The normalized spacial score (nSPS) is 42.2. The third kappa shape index (κ3) is 2.41. The third-order valence-electron chi connectivity index (χ3n) is 4.97. The first kappa shape index (κ1) is 14.1. The Bertz CT molecular complexity index is 469. The number of thioether (sulfide) groups is 1. The molecule has 0 amide bonds. The van der Waals surface area contributed by atoms with Crippen LogP contribution in [-0.4, -0.2) is 14.6 Å². The average molecular weight is 418 g/mol. The monoisotopic (exact) mass is 416 g/mol. The van der Waals surface area contributed by atoms with Crippen molar-refractivity contribution >= 4 is 43.6 Å². The highest BCUT2D eigenvalue weighted by Gasteiger charge is 2.61. The number of ether oxygens (including phenoxy) is 1. The molecule has 4 heteroatoms. The minimum absolute atomic E-state index is 0.238. The Kier molecular flexibility index (Phi) is 3.73. The van der Waals surface area contributed by atoms with Gasteiger partial charge >= 0.3 is 0 Å². The third-order valence-corrected chi connectivity index (χ3v) is 8.84. The van der Waals surface area contributed by atoms with Crippen molar-refractivity contribution < 1.29 is 4.74 Å². The first-order valence-electron chi connectivity index (χ1n) is 7.40. The van der Waals surface area contributed by atoms with Crippen LogP contribution in [0, 0.1) is 11.8 Å². The molecule has 0 aromatic heterocycles. The summed E-state index contributed by atoms with van der Waals surface area (Å²) in [4.78, 5) is 0. The summed E-state index contributed by atoms with van der Waals surface area (Å²) >= 11 is 9.73. The molecule has 0 bridgehead atoms. The van der Waals surface area contributed by atoms with Crippen molar-refractivity contribution in [3.8, 4) is 0 Å². The fourth-order valence-corrected chi connectivity index (χ4v) is 7.15. The SMILES string of the molecule is BrC1(Br)C2CC[C@H]3OC(c4ccccc4)S[C@@H]3CCC21. The predicted molar refractivity (Wildman–Crippen MR) is 91.5 cm³/mol. The largest absolute Gasteiger partial charge is 0.358 e. The van der Waals surface area contributed by atoms with Crippen LogP contribution >= 0.6 is 43.6 Å². The lowest BCUT2D eigenvalue weighted by Crippen LogP contribution is -2.21. The zero-order valence-corrected chi connectivity index (χ0v) is 15.2. The molecule has 0 radical (unpaired) electrons. The minimum Gasteiger partial charge on any atom is -0.358 e. The summed E-state index contributed by atoms with van der Waals surface area (Å²) in [6.07, 6.45) is 5.55. The molecule has 108 valence electrons. The number of alkyl halides is 2. The van der Waals surface area contributed by atoms with Crippen molar-refractivity contribution in [2.45, 2.75) is 45.7 Å². The Morgan fingerprint density at radius 1 is 1.00 bits per heavy atom. The van der Waals surface area contributed by atoms with Gasteiger partial charge in [-0.05, 0) is 43.1 Å². The molecule has 3 fully saturated rings. The van der Waals surface area contributed by atoms with Crippen molar-refractivity contribution in [2.75, 3.05) is 0 Å². The average Bonchev–Trinajstić information content (AvgIpc) is 2.77. The molecule has 2 aliphatic carbocycles. The maximum atomic E-state index is 6.35. The summed E-state index contributed by atoms with van der Waals surface area (Å²) in [6.45, 7) is 0. The van der Waals surface area contributed by atoms with Gasteiger partial charge < -0.3 is 4.74 Å². The molecular weight excluding hydrogens is 400 g/mol. The molecule has 1 saturated heterocycles. The van der Waals surface area contributed by atoms with Crippen molar-refractivity contribution in [3.63, 3.8) is 0 Å². The van der Waals surface area contributed by atoms with Gasteiger partial charge in [-0.2, -0.15) is 0 Å². The van der Waals surface area contributed by atoms with Gasteiger partial charge in [-0.25, -0.2) is 0 Å². The highest BCUT2D eigenvalue weighted by Crippen LogP contribution is 2.67. The second-order valence-electron chi connectivity index (χ2n) is 6.13. The molecule has 20 heavy (non-hydrogen) atoms. The molecular formula is C16H18Br2OS. The standard InChI is InChI=1S/C16H18Br2OS/c17-16(18)11-6-8-13-14(9-7-12(11)16)20-15(19-13)10-4-2-1-3-5-10/h1-5,11-15H,6-9H2/t11?,12?,13-,14-,15?/m1/s1. The highest BCUT2D eigenvalue weighted by atomic mass is 79.9. The van der Waals surface area contributed by atoms with E-state index in [4.69, 9.17) is 4.74 Å². The van der Waals surface area contributed by atoms with Crippen molar-refractivity contribution in [1.82, 2.24) is 0 Å². The second-order valence-corrected chi connectivity index (χ2v) is 11.1. The van der Waals surface area contributed by atoms with E-state index in [1.54, 1.807) is 0 Å². The molecule has 2 saturated carbocycles. The zero-order valence-electron chi connectivity index (χ0n) is 11.2. The quantitative estimate of drug-likeness (QED) is 0.558. The number of halogens is 2. The van der Waals surface area contributed by atoms with E-state index in [9.17, 15) is 0 Å². The van der Waals surface area contributed by atoms with E-state index >= 15 is 0 Å². The zero-order chi connectivity index (χ0) is 13.7. The molecule has 4 rings (SSSR count). The predicted octanol–water partition coefficient (Wildman–Crippen LogP) is 5.49. The number of fused-ring (bicyclic) bond motifs is 2. The lowest BCUT2D eigenvalue weighted by atomic mass is 9.98. The molecule has 1 aliphatic heterocycles. The fourth-order valence-electron chi connectivity index (χ4n) is 3.74. The minimum atomic E-state index is 0.238. The van der Waals surface area contributed by atoms with Gasteiger partial charge in [0.2, 0.25) is 0 Å². The van der Waals surface area contributed by atoms with Crippen LogP contribution in [0.15, 0.2) is 30.3 Å². The summed E-state index contributed by atoms with van der Waals surface area (Å²) in [6, 6.07) is 10.7. The lowest BCUT2D eigenvalue weighted by molar-refractivity contribution is 0.0414. The summed E-state index contributed by atoms with van der Waals surface area (Å²) in [5.74, 6) is 1.62. The molecule has 0 N–H and O–H groups in total. The van der Waals surface area contributed by atoms with Gasteiger partial charge in [0.1, 0.15) is 5.44 Å². The summed E-state index contributed by atoms with van der Waals surface area (Å²) in [5.41, 5.74) is 1.57. The number of rotatable bonds is 1. The van der Waals surface area contributed by atoms with E-state index in [1.807, 2.05) is 11.8 Å². The summed E-state index contributed by atoms with van der Waals surface area (Å²) in [7, 11) is 0. The summed E-state index contributed by atoms with van der Waals surface area (Å²) < 4.78 is 6.59. The molecule has 1 heterocycles. The number of benzene rings is 1.